The molecule has 1 aromatic rings. The number of amides is 3. The molecule has 1 aliphatic rings. The third-order valence-corrected chi connectivity index (χ3v) is 3.27. The van der Waals surface area contributed by atoms with Crippen molar-refractivity contribution in [1.82, 2.24) is 25.4 Å². The molecule has 0 aliphatic carbocycles. The van der Waals surface area contributed by atoms with Crippen LogP contribution in [0.15, 0.2) is 0 Å². The molecule has 0 radical (unpaired) electrons. The lowest BCUT2D eigenvalue weighted by Gasteiger charge is -2.39. The number of rotatable bonds is 2. The maximum absolute atomic E-state index is 12.4. The number of aromatic nitrogens is 3. The first-order valence-electron chi connectivity index (χ1n) is 6.32. The number of piperazine rings is 1. The van der Waals surface area contributed by atoms with E-state index in [0.29, 0.717) is 5.82 Å². The Morgan fingerprint density at radius 3 is 2.55 bits per heavy atom. The van der Waals surface area contributed by atoms with Crippen LogP contribution in [0.25, 0.3) is 0 Å². The van der Waals surface area contributed by atoms with E-state index in [1.165, 1.54) is 4.90 Å². The Hall–Kier alpha value is -2.25. The van der Waals surface area contributed by atoms with Crippen LogP contribution in [0.3, 0.4) is 0 Å². The van der Waals surface area contributed by atoms with Gasteiger partial charge >= 0.3 is 0 Å². The van der Waals surface area contributed by atoms with Crippen molar-refractivity contribution in [3.63, 3.8) is 0 Å². The van der Waals surface area contributed by atoms with Crippen LogP contribution < -0.4 is 5.32 Å². The molecule has 1 fully saturated rings. The predicted molar refractivity (Wildman–Crippen MR) is 68.7 cm³/mol. The molecule has 2 N–H and O–H groups in total. The van der Waals surface area contributed by atoms with Crippen molar-refractivity contribution in [3.05, 3.63) is 11.6 Å². The minimum absolute atomic E-state index is 0.0377. The fraction of sp³-hybridized carbons (Fsp3) is 0.583. The van der Waals surface area contributed by atoms with Gasteiger partial charge in [0.2, 0.25) is 11.7 Å². The largest absolute Gasteiger partial charge is 0.312 e. The van der Waals surface area contributed by atoms with E-state index in [9.17, 15) is 14.4 Å². The quantitative estimate of drug-likeness (QED) is 0.729. The summed E-state index contributed by atoms with van der Waals surface area (Å²) in [5.41, 5.74) is -1.12. The first-order chi connectivity index (χ1) is 9.23. The van der Waals surface area contributed by atoms with Gasteiger partial charge in [0.1, 0.15) is 17.9 Å². The smallest absolute Gasteiger partial charge is 0.294 e. The van der Waals surface area contributed by atoms with Gasteiger partial charge in [0.15, 0.2) is 0 Å². The van der Waals surface area contributed by atoms with Gasteiger partial charge in [-0.3, -0.25) is 24.8 Å². The van der Waals surface area contributed by atoms with Crippen molar-refractivity contribution in [2.45, 2.75) is 39.2 Å². The van der Waals surface area contributed by atoms with Crippen LogP contribution in [-0.4, -0.2) is 49.9 Å². The Morgan fingerprint density at radius 2 is 2.00 bits per heavy atom. The number of nitrogens with one attached hydrogen (secondary N) is 2. The Morgan fingerprint density at radius 1 is 1.35 bits per heavy atom. The average molecular weight is 279 g/mol. The fourth-order valence-corrected chi connectivity index (χ4v) is 1.86. The van der Waals surface area contributed by atoms with E-state index in [1.807, 2.05) is 13.8 Å². The molecule has 0 aromatic carbocycles. The molecule has 1 aromatic heterocycles. The van der Waals surface area contributed by atoms with Crippen LogP contribution in [0.5, 0.6) is 0 Å². The van der Waals surface area contributed by atoms with Crippen LogP contribution in [-0.2, 0) is 9.59 Å². The van der Waals surface area contributed by atoms with E-state index in [2.05, 4.69) is 20.5 Å². The van der Waals surface area contributed by atoms with Crippen molar-refractivity contribution in [1.29, 1.82) is 0 Å². The molecular weight excluding hydrogens is 262 g/mol. The molecule has 108 valence electrons. The number of nitrogens with zero attached hydrogens (tertiary/aromatic N) is 3. The van der Waals surface area contributed by atoms with Gasteiger partial charge in [-0.05, 0) is 13.8 Å². The topological polar surface area (TPSA) is 108 Å². The highest BCUT2D eigenvalue weighted by Crippen LogP contribution is 2.20. The number of hydrogen-bond donors (Lipinski definition) is 2. The molecule has 1 saturated heterocycles. The van der Waals surface area contributed by atoms with Crippen molar-refractivity contribution in [2.24, 2.45) is 0 Å². The Bertz CT molecular complexity index is 575. The minimum Gasteiger partial charge on any atom is -0.312 e. The summed E-state index contributed by atoms with van der Waals surface area (Å²) in [5, 5.41) is 8.75. The van der Waals surface area contributed by atoms with Gasteiger partial charge in [-0.25, -0.2) is 4.98 Å². The first-order valence-corrected chi connectivity index (χ1v) is 6.32. The second-order valence-electron chi connectivity index (χ2n) is 5.53. The molecule has 0 spiro atoms. The van der Waals surface area contributed by atoms with Crippen LogP contribution in [0.1, 0.15) is 50.1 Å². The zero-order valence-electron chi connectivity index (χ0n) is 11.9. The summed E-state index contributed by atoms with van der Waals surface area (Å²) in [4.78, 5) is 40.9. The molecular formula is C12H17N5O3. The summed E-state index contributed by atoms with van der Waals surface area (Å²) in [5.74, 6) is -0.920. The highest BCUT2D eigenvalue weighted by molar-refractivity contribution is 6.08. The van der Waals surface area contributed by atoms with Gasteiger partial charge in [-0.1, -0.05) is 13.8 Å². The maximum atomic E-state index is 12.4. The molecule has 2 rings (SSSR count). The van der Waals surface area contributed by atoms with Crippen LogP contribution in [0.2, 0.25) is 0 Å². The monoisotopic (exact) mass is 279 g/mol. The molecule has 0 saturated carbocycles. The molecule has 3 amide bonds. The van der Waals surface area contributed by atoms with Gasteiger partial charge < -0.3 is 4.90 Å². The van der Waals surface area contributed by atoms with E-state index in [4.69, 9.17) is 0 Å². The molecule has 8 heteroatoms. The zero-order valence-corrected chi connectivity index (χ0v) is 11.9. The molecule has 2 heterocycles. The van der Waals surface area contributed by atoms with Gasteiger partial charge in [0.25, 0.3) is 11.8 Å². The minimum atomic E-state index is -1.12. The second-order valence-corrected chi connectivity index (χ2v) is 5.53. The summed E-state index contributed by atoms with van der Waals surface area (Å²) in [6.07, 6.45) is 0. The summed E-state index contributed by atoms with van der Waals surface area (Å²) in [6.45, 7) is 6.78. The van der Waals surface area contributed by atoms with Crippen LogP contribution >= 0.6 is 0 Å². The third kappa shape index (κ3) is 2.28. The van der Waals surface area contributed by atoms with Gasteiger partial charge in [-0.2, -0.15) is 0 Å². The highest BCUT2D eigenvalue weighted by atomic mass is 16.2. The summed E-state index contributed by atoms with van der Waals surface area (Å²) in [6, 6.07) is 0. The third-order valence-electron chi connectivity index (χ3n) is 3.27. The van der Waals surface area contributed by atoms with E-state index in [-0.39, 0.29) is 18.3 Å². The van der Waals surface area contributed by atoms with Crippen molar-refractivity contribution in [2.75, 3.05) is 6.54 Å². The average Bonchev–Trinajstić information content (AvgIpc) is 2.83. The molecule has 8 nitrogen and oxygen atoms in total. The number of carbonyl (C=O) groups is 3. The van der Waals surface area contributed by atoms with Crippen molar-refractivity contribution >= 4 is 17.7 Å². The molecule has 0 atom stereocenters. The highest BCUT2D eigenvalue weighted by Gasteiger charge is 2.44. The van der Waals surface area contributed by atoms with Crippen molar-refractivity contribution in [3.8, 4) is 0 Å². The number of H-pyrrole nitrogens is 1. The predicted octanol–water partition coefficient (Wildman–Crippen LogP) is -0.195. The summed E-state index contributed by atoms with van der Waals surface area (Å²) < 4.78 is 0. The molecule has 1 aliphatic heterocycles. The van der Waals surface area contributed by atoms with Crippen molar-refractivity contribution < 1.29 is 14.4 Å². The second kappa shape index (κ2) is 4.69. The fourth-order valence-electron chi connectivity index (χ4n) is 1.86. The number of carbonyl (C=O) groups excluding carboxylic acids is 3. The Kier molecular flexibility index (Phi) is 3.33. The van der Waals surface area contributed by atoms with E-state index >= 15 is 0 Å². The van der Waals surface area contributed by atoms with Crippen LogP contribution in [0.4, 0.5) is 0 Å². The normalized spacial score (nSPS) is 18.4. The summed E-state index contributed by atoms with van der Waals surface area (Å²) in [7, 11) is 0. The lowest BCUT2D eigenvalue weighted by Crippen LogP contribution is -2.65. The maximum Gasteiger partial charge on any atom is 0.294 e. The lowest BCUT2D eigenvalue weighted by molar-refractivity contribution is -0.143. The number of imide groups is 1. The molecule has 0 bridgehead atoms. The molecule has 0 unspecified atom stereocenters. The van der Waals surface area contributed by atoms with Gasteiger partial charge in [0, 0.05) is 5.92 Å². The van der Waals surface area contributed by atoms with Crippen LogP contribution in [0, 0.1) is 0 Å². The lowest BCUT2D eigenvalue weighted by atomic mass is 9.98. The van der Waals surface area contributed by atoms with Gasteiger partial charge in [0.05, 0.1) is 0 Å². The number of hydrogen-bond acceptors (Lipinski definition) is 5. The Balaban J connectivity index is 2.30. The first kappa shape index (κ1) is 14.2. The SMILES string of the molecule is CC(C)c1nc(C(=O)N2CC(=O)NC(=O)C2(C)C)n[nH]1. The Labute approximate surface area is 115 Å². The van der Waals surface area contributed by atoms with E-state index in [0.717, 1.165) is 0 Å². The summed E-state index contributed by atoms with van der Waals surface area (Å²) >= 11 is 0. The number of aromatic amines is 1. The van der Waals surface area contributed by atoms with E-state index in [1.54, 1.807) is 13.8 Å². The molecule has 20 heavy (non-hydrogen) atoms. The zero-order chi connectivity index (χ0) is 15.1. The standard InChI is InChI=1S/C12H17N5O3/c1-6(2)8-14-9(16-15-8)10(19)17-5-7(18)13-11(20)12(17,3)4/h6H,5H2,1-4H3,(H,13,18,20)(H,14,15,16). The van der Waals surface area contributed by atoms with Gasteiger partial charge in [-0.15, -0.1) is 5.10 Å². The van der Waals surface area contributed by atoms with E-state index < -0.39 is 23.3 Å².